The van der Waals surface area contributed by atoms with Crippen LogP contribution in [0.3, 0.4) is 0 Å². The van der Waals surface area contributed by atoms with Gasteiger partial charge in [0.05, 0.1) is 6.04 Å². The molecule has 3 unspecified atom stereocenters. The van der Waals surface area contributed by atoms with E-state index < -0.39 is 0 Å². The fraction of sp³-hybridized carbons (Fsp3) is 0.944. The molecule has 0 aromatic heterocycles. The van der Waals surface area contributed by atoms with Crippen molar-refractivity contribution in [3.05, 3.63) is 0 Å². The van der Waals surface area contributed by atoms with Crippen molar-refractivity contribution in [3.8, 4) is 0 Å². The van der Waals surface area contributed by atoms with Gasteiger partial charge in [-0.2, -0.15) is 0 Å². The van der Waals surface area contributed by atoms with Gasteiger partial charge in [-0.25, -0.2) is 0 Å². The molecular formula is C18H34N2O. The molecule has 1 saturated heterocycles. The highest BCUT2D eigenvalue weighted by molar-refractivity contribution is 5.82. The van der Waals surface area contributed by atoms with Crippen LogP contribution in [0.1, 0.15) is 78.1 Å². The van der Waals surface area contributed by atoms with E-state index in [1.807, 2.05) is 0 Å². The number of hydrogen-bond donors (Lipinski definition) is 2. The summed E-state index contributed by atoms with van der Waals surface area (Å²) in [5.74, 6) is 1.82. The Balaban J connectivity index is 1.52. The maximum atomic E-state index is 12.2. The third-order valence-corrected chi connectivity index (χ3v) is 5.19. The molecule has 1 amide bonds. The highest BCUT2D eigenvalue weighted by atomic mass is 16.2. The van der Waals surface area contributed by atoms with Crippen LogP contribution in [0.2, 0.25) is 0 Å². The Morgan fingerprint density at radius 2 is 1.90 bits per heavy atom. The number of hydrogen-bond acceptors (Lipinski definition) is 2. The normalized spacial score (nSPS) is 28.6. The fourth-order valence-corrected chi connectivity index (χ4v) is 3.89. The summed E-state index contributed by atoms with van der Waals surface area (Å²) in [6.07, 6.45) is 12.7. The summed E-state index contributed by atoms with van der Waals surface area (Å²) in [7, 11) is 0. The first-order valence-corrected chi connectivity index (χ1v) is 9.20. The van der Waals surface area contributed by atoms with Gasteiger partial charge >= 0.3 is 0 Å². The summed E-state index contributed by atoms with van der Waals surface area (Å²) >= 11 is 0. The van der Waals surface area contributed by atoms with Gasteiger partial charge in [-0.3, -0.25) is 4.79 Å². The maximum absolute atomic E-state index is 12.2. The minimum atomic E-state index is 0.0824. The molecule has 2 fully saturated rings. The van der Waals surface area contributed by atoms with Gasteiger partial charge in [-0.1, -0.05) is 52.4 Å². The first kappa shape index (κ1) is 16.8. The largest absolute Gasteiger partial charge is 0.355 e. The average molecular weight is 294 g/mol. The molecule has 2 aliphatic rings. The van der Waals surface area contributed by atoms with Crippen molar-refractivity contribution in [2.45, 2.75) is 90.1 Å². The third-order valence-electron chi connectivity index (χ3n) is 5.19. The van der Waals surface area contributed by atoms with Gasteiger partial charge in [0.15, 0.2) is 0 Å². The van der Waals surface area contributed by atoms with Crippen molar-refractivity contribution in [3.63, 3.8) is 0 Å². The number of carbonyl (C=O) groups excluding carboxylic acids is 1. The molecule has 0 spiro atoms. The second kappa shape index (κ2) is 8.77. The van der Waals surface area contributed by atoms with Gasteiger partial charge in [-0.05, 0) is 37.5 Å². The second-order valence-corrected chi connectivity index (χ2v) is 7.49. The first-order valence-electron chi connectivity index (χ1n) is 9.20. The van der Waals surface area contributed by atoms with Crippen LogP contribution in [0, 0.1) is 11.8 Å². The summed E-state index contributed by atoms with van der Waals surface area (Å²) < 4.78 is 0. The van der Waals surface area contributed by atoms with Crippen LogP contribution >= 0.6 is 0 Å². The van der Waals surface area contributed by atoms with E-state index in [0.29, 0.717) is 6.04 Å². The fourth-order valence-electron chi connectivity index (χ4n) is 3.89. The molecule has 1 aliphatic heterocycles. The average Bonchev–Trinajstić information content (AvgIpc) is 2.89. The lowest BCUT2D eigenvalue weighted by molar-refractivity contribution is -0.122. The lowest BCUT2D eigenvalue weighted by Crippen LogP contribution is -2.43. The van der Waals surface area contributed by atoms with E-state index in [0.717, 1.165) is 31.2 Å². The number of fused-ring (bicyclic) bond motifs is 1. The van der Waals surface area contributed by atoms with E-state index in [2.05, 4.69) is 24.5 Å². The van der Waals surface area contributed by atoms with E-state index in [-0.39, 0.29) is 11.9 Å². The van der Waals surface area contributed by atoms with Crippen LogP contribution in [0.5, 0.6) is 0 Å². The molecule has 1 heterocycles. The van der Waals surface area contributed by atoms with Crippen LogP contribution in [0.15, 0.2) is 0 Å². The van der Waals surface area contributed by atoms with Crippen LogP contribution < -0.4 is 10.6 Å². The Morgan fingerprint density at radius 1 is 1.14 bits per heavy atom. The van der Waals surface area contributed by atoms with Gasteiger partial charge in [-0.15, -0.1) is 0 Å². The molecule has 122 valence electrons. The Morgan fingerprint density at radius 3 is 2.67 bits per heavy atom. The number of unbranched alkanes of at least 4 members (excludes halogenated alkanes) is 3. The minimum Gasteiger partial charge on any atom is -0.355 e. The van der Waals surface area contributed by atoms with Crippen LogP contribution in [0.4, 0.5) is 0 Å². The highest BCUT2D eigenvalue weighted by Gasteiger charge is 2.37. The van der Waals surface area contributed by atoms with E-state index in [1.54, 1.807) is 0 Å². The summed E-state index contributed by atoms with van der Waals surface area (Å²) in [6.45, 7) is 5.42. The van der Waals surface area contributed by atoms with Gasteiger partial charge < -0.3 is 10.6 Å². The topological polar surface area (TPSA) is 41.1 Å². The van der Waals surface area contributed by atoms with Crippen molar-refractivity contribution >= 4 is 5.91 Å². The molecule has 1 saturated carbocycles. The molecule has 2 rings (SSSR count). The Labute approximate surface area is 130 Å². The first-order chi connectivity index (χ1) is 10.2. The molecular weight excluding hydrogens is 260 g/mol. The number of nitrogens with one attached hydrogen (secondary N) is 2. The van der Waals surface area contributed by atoms with Gasteiger partial charge in [0.1, 0.15) is 0 Å². The molecule has 0 radical (unpaired) electrons. The Bertz CT molecular complexity index is 302. The van der Waals surface area contributed by atoms with E-state index in [4.69, 9.17) is 0 Å². The zero-order valence-corrected chi connectivity index (χ0v) is 14.0. The van der Waals surface area contributed by atoms with Crippen molar-refractivity contribution in [1.82, 2.24) is 10.6 Å². The van der Waals surface area contributed by atoms with E-state index >= 15 is 0 Å². The summed E-state index contributed by atoms with van der Waals surface area (Å²) in [6, 6.07) is 0.699. The van der Waals surface area contributed by atoms with Crippen LogP contribution in [-0.4, -0.2) is 24.5 Å². The van der Waals surface area contributed by atoms with Crippen LogP contribution in [-0.2, 0) is 4.79 Å². The number of amides is 1. The summed E-state index contributed by atoms with van der Waals surface area (Å²) in [5.41, 5.74) is 0. The molecule has 3 atom stereocenters. The smallest absolute Gasteiger partial charge is 0.237 e. The Kier molecular flexibility index (Phi) is 7.01. The summed E-state index contributed by atoms with van der Waals surface area (Å²) in [4.78, 5) is 12.2. The van der Waals surface area contributed by atoms with Crippen molar-refractivity contribution < 1.29 is 4.79 Å². The van der Waals surface area contributed by atoms with Crippen LogP contribution in [0.25, 0.3) is 0 Å². The highest BCUT2D eigenvalue weighted by Crippen LogP contribution is 2.33. The van der Waals surface area contributed by atoms with Crippen molar-refractivity contribution in [1.29, 1.82) is 0 Å². The van der Waals surface area contributed by atoms with E-state index in [9.17, 15) is 4.79 Å². The predicted molar refractivity (Wildman–Crippen MR) is 88.2 cm³/mol. The standard InChI is InChI=1S/C18H34N2O/c1-14(2)9-5-3-4-8-12-19-18(21)17-13-15-10-6-7-11-16(15)20-17/h14-17,20H,3-13H2,1-2H3,(H,19,21). The molecule has 0 aromatic rings. The zero-order valence-electron chi connectivity index (χ0n) is 14.0. The molecule has 1 aliphatic carbocycles. The quantitative estimate of drug-likeness (QED) is 0.671. The Hall–Kier alpha value is -0.570. The molecule has 0 bridgehead atoms. The monoisotopic (exact) mass is 294 g/mol. The van der Waals surface area contributed by atoms with Crippen molar-refractivity contribution in [2.75, 3.05) is 6.54 Å². The predicted octanol–water partition coefficient (Wildman–Crippen LogP) is 3.63. The minimum absolute atomic E-state index is 0.0824. The number of carbonyl (C=O) groups is 1. The molecule has 0 aromatic carbocycles. The van der Waals surface area contributed by atoms with E-state index in [1.165, 1.54) is 51.4 Å². The third kappa shape index (κ3) is 5.61. The number of rotatable bonds is 8. The van der Waals surface area contributed by atoms with Gasteiger partial charge in [0.2, 0.25) is 5.91 Å². The summed E-state index contributed by atoms with van der Waals surface area (Å²) in [5, 5.41) is 6.69. The molecule has 3 heteroatoms. The van der Waals surface area contributed by atoms with Gasteiger partial charge in [0, 0.05) is 12.6 Å². The molecule has 3 nitrogen and oxygen atoms in total. The van der Waals surface area contributed by atoms with Crippen molar-refractivity contribution in [2.24, 2.45) is 11.8 Å². The van der Waals surface area contributed by atoms with Gasteiger partial charge in [0.25, 0.3) is 0 Å². The zero-order chi connectivity index (χ0) is 15.1. The SMILES string of the molecule is CC(C)CCCCCCNC(=O)C1CC2CCCCC2N1. The maximum Gasteiger partial charge on any atom is 0.237 e. The molecule has 2 N–H and O–H groups in total. The lowest BCUT2D eigenvalue weighted by atomic mass is 9.85. The second-order valence-electron chi connectivity index (χ2n) is 7.49. The lowest BCUT2D eigenvalue weighted by Gasteiger charge is -2.24. The molecule has 21 heavy (non-hydrogen) atoms.